The van der Waals surface area contributed by atoms with E-state index < -0.39 is 0 Å². The number of hydrogen-bond donors (Lipinski definition) is 2. The van der Waals surface area contributed by atoms with E-state index in [9.17, 15) is 9.59 Å². The molecule has 2 aromatic carbocycles. The molecule has 2 amide bonds. The number of carbonyl (C=O) groups is 2. The van der Waals surface area contributed by atoms with Gasteiger partial charge in [0.1, 0.15) is 6.61 Å². The van der Waals surface area contributed by atoms with Crippen molar-refractivity contribution in [3.63, 3.8) is 0 Å². The molecule has 2 aromatic heterocycles. The molecule has 0 spiro atoms. The molecule has 0 bridgehead atoms. The summed E-state index contributed by atoms with van der Waals surface area (Å²) in [5, 5.41) is 6.23. The number of rotatable bonds is 7. The Morgan fingerprint density at radius 3 is 2.18 bits per heavy atom. The molecule has 0 unspecified atom stereocenters. The summed E-state index contributed by atoms with van der Waals surface area (Å²) >= 11 is 11.9. The Bertz CT molecular complexity index is 1300. The van der Waals surface area contributed by atoms with Crippen LogP contribution in [0, 0.1) is 0 Å². The Morgan fingerprint density at radius 1 is 0.794 bits per heavy atom. The summed E-state index contributed by atoms with van der Waals surface area (Å²) in [4.78, 5) is 33.4. The molecule has 0 saturated carbocycles. The Labute approximate surface area is 205 Å². The van der Waals surface area contributed by atoms with Gasteiger partial charge in [0.25, 0.3) is 11.8 Å². The van der Waals surface area contributed by atoms with Crippen LogP contribution in [0.25, 0.3) is 0 Å². The van der Waals surface area contributed by atoms with E-state index >= 15 is 0 Å². The molecular formula is C25H18Cl2N4O3. The van der Waals surface area contributed by atoms with Crippen LogP contribution in [0.15, 0.2) is 85.3 Å². The zero-order valence-corrected chi connectivity index (χ0v) is 19.2. The number of nitrogens with zero attached hydrogens (tertiary/aromatic N) is 2. The van der Waals surface area contributed by atoms with E-state index in [1.807, 2.05) is 12.1 Å². The Balaban J connectivity index is 1.40. The van der Waals surface area contributed by atoms with E-state index in [1.54, 1.807) is 61.1 Å². The van der Waals surface area contributed by atoms with Crippen molar-refractivity contribution >= 4 is 46.5 Å². The molecule has 170 valence electrons. The highest BCUT2D eigenvalue weighted by molar-refractivity contribution is 6.35. The number of anilines is 2. The maximum absolute atomic E-state index is 12.7. The lowest BCUT2D eigenvalue weighted by Gasteiger charge is -2.12. The first kappa shape index (κ1) is 23.2. The summed E-state index contributed by atoms with van der Waals surface area (Å²) in [5.41, 5.74) is 2.16. The second-order valence-electron chi connectivity index (χ2n) is 7.14. The number of hydrogen-bond acceptors (Lipinski definition) is 5. The summed E-state index contributed by atoms with van der Waals surface area (Å²) in [7, 11) is 0. The number of halogens is 2. The third-order valence-corrected chi connectivity index (χ3v) is 5.11. The molecule has 0 aliphatic carbocycles. The minimum Gasteiger partial charge on any atom is -0.485 e. The number of benzene rings is 2. The minimum absolute atomic E-state index is 0.303. The smallest absolute Gasteiger partial charge is 0.256 e. The first-order valence-electron chi connectivity index (χ1n) is 10.1. The topological polar surface area (TPSA) is 93.2 Å². The molecular weight excluding hydrogens is 475 g/mol. The van der Waals surface area contributed by atoms with Crippen LogP contribution < -0.4 is 15.4 Å². The van der Waals surface area contributed by atoms with Crippen molar-refractivity contribution in [1.29, 1.82) is 0 Å². The highest BCUT2D eigenvalue weighted by Crippen LogP contribution is 2.24. The van der Waals surface area contributed by atoms with Crippen LogP contribution in [0.2, 0.25) is 10.0 Å². The van der Waals surface area contributed by atoms with Gasteiger partial charge in [-0.15, -0.1) is 0 Å². The largest absolute Gasteiger partial charge is 0.485 e. The van der Waals surface area contributed by atoms with E-state index in [0.717, 1.165) is 5.56 Å². The summed E-state index contributed by atoms with van der Waals surface area (Å²) in [5.74, 6) is 0.00605. The van der Waals surface area contributed by atoms with Crippen LogP contribution in [0.1, 0.15) is 26.3 Å². The van der Waals surface area contributed by atoms with Crippen molar-refractivity contribution in [1.82, 2.24) is 9.97 Å². The molecule has 9 heteroatoms. The van der Waals surface area contributed by atoms with Gasteiger partial charge in [-0.05, 0) is 72.3 Å². The molecule has 0 atom stereocenters. The number of ether oxygens (including phenoxy) is 1. The molecule has 0 aliphatic heterocycles. The summed E-state index contributed by atoms with van der Waals surface area (Å²) < 4.78 is 5.81. The first-order chi connectivity index (χ1) is 16.5. The molecule has 2 N–H and O–H groups in total. The van der Waals surface area contributed by atoms with Gasteiger partial charge in [-0.3, -0.25) is 14.6 Å². The van der Waals surface area contributed by atoms with E-state index in [1.165, 1.54) is 12.1 Å². The van der Waals surface area contributed by atoms with E-state index in [4.69, 9.17) is 27.9 Å². The maximum atomic E-state index is 12.7. The van der Waals surface area contributed by atoms with Crippen LogP contribution in [-0.2, 0) is 6.61 Å². The zero-order valence-electron chi connectivity index (χ0n) is 17.7. The van der Waals surface area contributed by atoms with E-state index in [-0.39, 0.29) is 11.8 Å². The number of carbonyl (C=O) groups excluding carboxylic acids is 2. The van der Waals surface area contributed by atoms with Crippen LogP contribution in [0.5, 0.6) is 5.75 Å². The number of aromatic nitrogens is 2. The molecule has 4 aromatic rings. The van der Waals surface area contributed by atoms with E-state index in [2.05, 4.69) is 20.6 Å². The minimum atomic E-state index is -0.369. The van der Waals surface area contributed by atoms with Crippen molar-refractivity contribution in [2.75, 3.05) is 10.6 Å². The Hall–Kier alpha value is -3.94. The molecule has 0 saturated heterocycles. The van der Waals surface area contributed by atoms with Crippen LogP contribution in [0.3, 0.4) is 0 Å². The van der Waals surface area contributed by atoms with Gasteiger partial charge in [0.15, 0.2) is 11.6 Å². The average molecular weight is 493 g/mol. The monoisotopic (exact) mass is 492 g/mol. The van der Waals surface area contributed by atoms with Crippen LogP contribution in [-0.4, -0.2) is 21.8 Å². The SMILES string of the molecule is O=C(Nc1ccc(C(=O)Nc2ncccc2OCc2ccncc2)cc1)c1cc(Cl)cc(Cl)c1. The molecule has 0 aliphatic rings. The summed E-state index contributed by atoms with van der Waals surface area (Å²) in [6.45, 7) is 0.309. The third-order valence-electron chi connectivity index (χ3n) is 4.68. The van der Waals surface area contributed by atoms with Gasteiger partial charge in [-0.2, -0.15) is 0 Å². The fourth-order valence-electron chi connectivity index (χ4n) is 3.01. The first-order valence-corrected chi connectivity index (χ1v) is 10.9. The second kappa shape index (κ2) is 10.8. The van der Waals surface area contributed by atoms with Gasteiger partial charge in [0.2, 0.25) is 0 Å². The average Bonchev–Trinajstić information content (AvgIpc) is 2.84. The van der Waals surface area contributed by atoms with Crippen molar-refractivity contribution in [2.24, 2.45) is 0 Å². The molecule has 34 heavy (non-hydrogen) atoms. The molecule has 0 fully saturated rings. The highest BCUT2D eigenvalue weighted by Gasteiger charge is 2.13. The summed E-state index contributed by atoms with van der Waals surface area (Å²) in [6.07, 6.45) is 4.93. The number of amides is 2. The fourth-order valence-corrected chi connectivity index (χ4v) is 3.54. The Morgan fingerprint density at radius 2 is 1.47 bits per heavy atom. The van der Waals surface area contributed by atoms with Gasteiger partial charge < -0.3 is 15.4 Å². The van der Waals surface area contributed by atoms with Gasteiger partial charge in [0, 0.05) is 45.5 Å². The predicted molar refractivity (Wildman–Crippen MR) is 132 cm³/mol. The maximum Gasteiger partial charge on any atom is 0.256 e. The lowest BCUT2D eigenvalue weighted by atomic mass is 10.1. The van der Waals surface area contributed by atoms with Crippen molar-refractivity contribution < 1.29 is 14.3 Å². The van der Waals surface area contributed by atoms with Crippen LogP contribution >= 0.6 is 23.2 Å². The molecule has 4 rings (SSSR count). The van der Waals surface area contributed by atoms with E-state index in [0.29, 0.717) is 45.0 Å². The normalized spacial score (nSPS) is 10.4. The second-order valence-corrected chi connectivity index (χ2v) is 8.01. The molecule has 0 radical (unpaired) electrons. The van der Waals surface area contributed by atoms with Crippen molar-refractivity contribution in [2.45, 2.75) is 6.61 Å². The third kappa shape index (κ3) is 6.10. The quantitative estimate of drug-likeness (QED) is 0.336. The van der Waals surface area contributed by atoms with Gasteiger partial charge >= 0.3 is 0 Å². The predicted octanol–water partition coefficient (Wildman–Crippen LogP) is 5.87. The Kier molecular flexibility index (Phi) is 7.37. The standard InChI is InChI=1S/C25H18Cl2N4O3/c26-19-12-18(13-20(27)14-19)25(33)30-21-5-3-17(4-6-21)24(32)31-23-22(2-1-9-29-23)34-15-16-7-10-28-11-8-16/h1-14H,15H2,(H,30,33)(H,29,31,32). The van der Waals surface area contributed by atoms with Crippen LogP contribution in [0.4, 0.5) is 11.5 Å². The number of pyridine rings is 2. The number of nitrogens with one attached hydrogen (secondary N) is 2. The summed E-state index contributed by atoms with van der Waals surface area (Å²) in [6, 6.07) is 18.2. The van der Waals surface area contributed by atoms with Crippen molar-refractivity contribution in [3.05, 3.63) is 112 Å². The highest BCUT2D eigenvalue weighted by atomic mass is 35.5. The fraction of sp³-hybridized carbons (Fsp3) is 0.0400. The lowest BCUT2D eigenvalue weighted by Crippen LogP contribution is -2.15. The van der Waals surface area contributed by atoms with Gasteiger partial charge in [-0.1, -0.05) is 23.2 Å². The van der Waals surface area contributed by atoms with Gasteiger partial charge in [0.05, 0.1) is 0 Å². The molecule has 7 nitrogen and oxygen atoms in total. The molecule has 2 heterocycles. The van der Waals surface area contributed by atoms with Crippen molar-refractivity contribution in [3.8, 4) is 5.75 Å². The van der Waals surface area contributed by atoms with Gasteiger partial charge in [-0.25, -0.2) is 4.98 Å². The zero-order chi connectivity index (χ0) is 23.9. The lowest BCUT2D eigenvalue weighted by molar-refractivity contribution is 0.101.